The third kappa shape index (κ3) is 6.84. The Morgan fingerprint density at radius 1 is 1.00 bits per heavy atom. The summed E-state index contributed by atoms with van der Waals surface area (Å²) in [6, 6.07) is 6.87. The van der Waals surface area contributed by atoms with Crippen molar-refractivity contribution in [3.63, 3.8) is 0 Å². The van der Waals surface area contributed by atoms with E-state index in [1.54, 1.807) is 45.0 Å². The van der Waals surface area contributed by atoms with E-state index < -0.39 is 53.5 Å². The summed E-state index contributed by atoms with van der Waals surface area (Å²) in [5, 5.41) is 11.0. The summed E-state index contributed by atoms with van der Waals surface area (Å²) in [5.74, 6) is -3.10. The Labute approximate surface area is 203 Å². The molecule has 0 spiro atoms. The van der Waals surface area contributed by atoms with Crippen molar-refractivity contribution in [3.05, 3.63) is 42.1 Å². The molecule has 4 amide bonds. The van der Waals surface area contributed by atoms with Crippen LogP contribution in [-0.2, 0) is 19.2 Å². The molecule has 0 unspecified atom stereocenters. The number of hydrogen-bond acceptors (Lipinski definition) is 6. The molecule has 0 saturated heterocycles. The number of carbonyl (C=O) groups excluding carboxylic acids is 5. The van der Waals surface area contributed by atoms with Gasteiger partial charge in [-0.15, -0.1) is 0 Å². The highest BCUT2D eigenvalue weighted by atomic mass is 16.2. The number of hydrogen-bond donors (Lipinski definition) is 4. The van der Waals surface area contributed by atoms with Gasteiger partial charge in [0.05, 0.1) is 17.6 Å². The van der Waals surface area contributed by atoms with Gasteiger partial charge < -0.3 is 21.3 Å². The number of amides is 4. The normalized spacial score (nSPS) is 15.0. The highest BCUT2D eigenvalue weighted by Gasteiger charge is 2.35. The average molecular weight is 482 g/mol. The number of ketones is 1. The summed E-state index contributed by atoms with van der Waals surface area (Å²) in [5.41, 5.74) is 0.365. The molecule has 1 aromatic heterocycles. The number of nitrogens with zero attached hydrogens (tertiary/aromatic N) is 1. The molecule has 1 aromatic carbocycles. The van der Waals surface area contributed by atoms with Crippen LogP contribution in [0, 0.1) is 5.41 Å². The lowest BCUT2D eigenvalue weighted by Crippen LogP contribution is -2.57. The molecular weight excluding hydrogens is 450 g/mol. The topological polar surface area (TPSA) is 146 Å². The molecule has 1 heterocycles. The lowest BCUT2D eigenvalue weighted by Gasteiger charge is -2.31. The van der Waals surface area contributed by atoms with E-state index in [2.05, 4.69) is 26.3 Å². The Hall–Kier alpha value is -3.82. The number of para-hydroxylation sites is 1. The zero-order valence-corrected chi connectivity index (χ0v) is 20.3. The fourth-order valence-electron chi connectivity index (χ4n) is 3.43. The fourth-order valence-corrected chi connectivity index (χ4v) is 3.43. The van der Waals surface area contributed by atoms with Crippen LogP contribution in [0.3, 0.4) is 0 Å². The number of Topliss-reactive ketones (excluding diaryl/α,β-unsaturated/α-hetero) is 1. The molecule has 10 nitrogen and oxygen atoms in total. The van der Waals surface area contributed by atoms with E-state index in [4.69, 9.17) is 0 Å². The van der Waals surface area contributed by atoms with Crippen LogP contribution in [0.5, 0.6) is 0 Å². The molecule has 1 saturated carbocycles. The van der Waals surface area contributed by atoms with Gasteiger partial charge in [0.25, 0.3) is 11.8 Å². The standard InChI is InChI=1S/C25H31N5O5/c1-14(21(32)27-13-19(31)23(34)29-15-9-10-15)28-24(35)20(25(2,3)4)30-22(33)17-11-12-26-18-8-6-5-7-16(17)18/h5-8,11-12,14-15,20H,9-10,13H2,1-4H3,(H,27,32)(H,28,35)(H,29,34)(H,30,33)/t14-,20+/m0/s1. The van der Waals surface area contributed by atoms with Crippen molar-refractivity contribution < 1.29 is 24.0 Å². The van der Waals surface area contributed by atoms with Crippen molar-refractivity contribution in [2.24, 2.45) is 5.41 Å². The minimum Gasteiger partial charge on any atom is -0.347 e. The Kier molecular flexibility index (Phi) is 7.83. The van der Waals surface area contributed by atoms with Crippen molar-refractivity contribution in [1.29, 1.82) is 0 Å². The fraction of sp³-hybridized carbons (Fsp3) is 0.440. The van der Waals surface area contributed by atoms with Gasteiger partial charge in [-0.2, -0.15) is 0 Å². The summed E-state index contributed by atoms with van der Waals surface area (Å²) in [6.45, 7) is 6.38. The molecule has 0 radical (unpaired) electrons. The monoisotopic (exact) mass is 481 g/mol. The van der Waals surface area contributed by atoms with Crippen molar-refractivity contribution in [1.82, 2.24) is 26.3 Å². The van der Waals surface area contributed by atoms with E-state index in [0.29, 0.717) is 16.5 Å². The van der Waals surface area contributed by atoms with E-state index in [-0.39, 0.29) is 6.04 Å². The average Bonchev–Trinajstić information content (AvgIpc) is 3.63. The van der Waals surface area contributed by atoms with Crippen molar-refractivity contribution in [2.75, 3.05) is 6.54 Å². The first-order valence-electron chi connectivity index (χ1n) is 11.5. The van der Waals surface area contributed by atoms with E-state index in [9.17, 15) is 24.0 Å². The molecule has 0 aliphatic heterocycles. The predicted molar refractivity (Wildman–Crippen MR) is 129 cm³/mol. The second kappa shape index (κ2) is 10.6. The van der Waals surface area contributed by atoms with Crippen LogP contribution in [0.1, 0.15) is 50.9 Å². The maximum absolute atomic E-state index is 13.1. The number of rotatable bonds is 9. The van der Waals surface area contributed by atoms with E-state index in [1.807, 2.05) is 6.07 Å². The quantitative estimate of drug-likeness (QED) is 0.391. The van der Waals surface area contributed by atoms with Crippen LogP contribution < -0.4 is 21.3 Å². The van der Waals surface area contributed by atoms with Crippen LogP contribution >= 0.6 is 0 Å². The lowest BCUT2D eigenvalue weighted by molar-refractivity contribution is -0.138. The summed E-state index contributed by atoms with van der Waals surface area (Å²) in [4.78, 5) is 66.4. The van der Waals surface area contributed by atoms with Gasteiger partial charge in [-0.1, -0.05) is 39.0 Å². The Morgan fingerprint density at radius 2 is 1.69 bits per heavy atom. The van der Waals surface area contributed by atoms with Crippen molar-refractivity contribution in [2.45, 2.75) is 58.7 Å². The Morgan fingerprint density at radius 3 is 2.34 bits per heavy atom. The second-order valence-corrected chi connectivity index (χ2v) is 9.77. The third-order valence-corrected chi connectivity index (χ3v) is 5.64. The molecule has 3 rings (SSSR count). The van der Waals surface area contributed by atoms with Gasteiger partial charge in [-0.05, 0) is 37.3 Å². The van der Waals surface area contributed by atoms with Gasteiger partial charge in [0.1, 0.15) is 12.1 Å². The zero-order valence-electron chi connectivity index (χ0n) is 20.3. The molecule has 10 heteroatoms. The maximum Gasteiger partial charge on any atom is 0.289 e. The van der Waals surface area contributed by atoms with Gasteiger partial charge in [-0.25, -0.2) is 0 Å². The predicted octanol–water partition coefficient (Wildman–Crippen LogP) is 0.848. The highest BCUT2D eigenvalue weighted by molar-refractivity contribution is 6.37. The van der Waals surface area contributed by atoms with E-state index in [0.717, 1.165) is 12.8 Å². The molecular formula is C25H31N5O5. The van der Waals surface area contributed by atoms with Gasteiger partial charge in [0, 0.05) is 17.6 Å². The number of pyridine rings is 1. The molecule has 2 aromatic rings. The lowest BCUT2D eigenvalue weighted by atomic mass is 9.85. The SMILES string of the molecule is C[C@H](NC(=O)[C@@H](NC(=O)c1ccnc2ccccc12)C(C)(C)C)C(=O)NCC(=O)C(=O)NC1CC1. The van der Waals surface area contributed by atoms with Crippen LogP contribution in [0.15, 0.2) is 36.5 Å². The minimum atomic E-state index is -0.995. The first-order chi connectivity index (χ1) is 16.5. The summed E-state index contributed by atoms with van der Waals surface area (Å²) >= 11 is 0. The molecule has 1 aliphatic carbocycles. The Balaban J connectivity index is 1.61. The number of aromatic nitrogens is 1. The smallest absolute Gasteiger partial charge is 0.289 e. The van der Waals surface area contributed by atoms with Gasteiger partial charge in [0.2, 0.25) is 17.6 Å². The molecule has 35 heavy (non-hydrogen) atoms. The van der Waals surface area contributed by atoms with Crippen LogP contribution in [0.25, 0.3) is 10.9 Å². The molecule has 1 fully saturated rings. The maximum atomic E-state index is 13.1. The van der Waals surface area contributed by atoms with Gasteiger partial charge in [0.15, 0.2) is 0 Å². The highest BCUT2D eigenvalue weighted by Crippen LogP contribution is 2.22. The largest absolute Gasteiger partial charge is 0.347 e. The molecule has 2 atom stereocenters. The van der Waals surface area contributed by atoms with Crippen LogP contribution in [0.4, 0.5) is 0 Å². The number of carbonyl (C=O) groups is 5. The van der Waals surface area contributed by atoms with Crippen LogP contribution in [-0.4, -0.2) is 59.1 Å². The molecule has 4 N–H and O–H groups in total. The number of fused-ring (bicyclic) bond motifs is 1. The Bertz CT molecular complexity index is 1150. The first kappa shape index (κ1) is 25.8. The van der Waals surface area contributed by atoms with E-state index in [1.165, 1.54) is 13.1 Å². The zero-order chi connectivity index (χ0) is 25.8. The number of nitrogens with one attached hydrogen (secondary N) is 4. The minimum absolute atomic E-state index is 0.0371. The molecule has 186 valence electrons. The summed E-state index contributed by atoms with van der Waals surface area (Å²) in [7, 11) is 0. The number of benzene rings is 1. The van der Waals surface area contributed by atoms with E-state index >= 15 is 0 Å². The molecule has 1 aliphatic rings. The van der Waals surface area contributed by atoms with Crippen LogP contribution in [0.2, 0.25) is 0 Å². The first-order valence-corrected chi connectivity index (χ1v) is 11.5. The molecule has 0 bridgehead atoms. The second-order valence-electron chi connectivity index (χ2n) is 9.77. The third-order valence-electron chi connectivity index (χ3n) is 5.64. The van der Waals surface area contributed by atoms with Gasteiger partial charge >= 0.3 is 0 Å². The van der Waals surface area contributed by atoms with Gasteiger partial charge in [-0.3, -0.25) is 29.0 Å². The summed E-state index contributed by atoms with van der Waals surface area (Å²) < 4.78 is 0. The van der Waals surface area contributed by atoms with Crippen molar-refractivity contribution >= 4 is 40.3 Å². The van der Waals surface area contributed by atoms with Crippen molar-refractivity contribution in [3.8, 4) is 0 Å². The summed E-state index contributed by atoms with van der Waals surface area (Å²) in [6.07, 6.45) is 3.22.